The maximum Gasteiger partial charge on any atom is 0.323 e. The van der Waals surface area contributed by atoms with E-state index in [1.807, 2.05) is 25.3 Å². The highest BCUT2D eigenvalue weighted by Crippen LogP contribution is 2.28. The zero-order chi connectivity index (χ0) is 25.7. The summed E-state index contributed by atoms with van der Waals surface area (Å²) in [7, 11) is 0. The highest BCUT2D eigenvalue weighted by molar-refractivity contribution is 6.00. The lowest BCUT2D eigenvalue weighted by Crippen LogP contribution is -2.35. The fourth-order valence-corrected chi connectivity index (χ4v) is 3.79. The lowest BCUT2D eigenvalue weighted by atomic mass is 10.1. The Balaban J connectivity index is 1.36. The first-order valence-electron chi connectivity index (χ1n) is 11.9. The van der Waals surface area contributed by atoms with Gasteiger partial charge in [0.05, 0.1) is 24.2 Å². The number of hydrogen-bond acceptors (Lipinski definition) is 8. The summed E-state index contributed by atoms with van der Waals surface area (Å²) in [6.45, 7) is 3.51. The van der Waals surface area contributed by atoms with Crippen LogP contribution in [0.25, 0.3) is 5.69 Å². The van der Waals surface area contributed by atoms with Gasteiger partial charge in [0.25, 0.3) is 0 Å². The van der Waals surface area contributed by atoms with E-state index in [-0.39, 0.29) is 0 Å². The third-order valence-electron chi connectivity index (χ3n) is 5.93. The summed E-state index contributed by atoms with van der Waals surface area (Å²) in [6.07, 6.45) is 0.309. The summed E-state index contributed by atoms with van der Waals surface area (Å²) in [6, 6.07) is 11.8. The number of aliphatic hydroxyl groups is 3. The topological polar surface area (TPSA) is 151 Å². The predicted molar refractivity (Wildman–Crippen MR) is 132 cm³/mol. The molecule has 11 nitrogen and oxygen atoms in total. The third-order valence-corrected chi connectivity index (χ3v) is 5.93. The van der Waals surface area contributed by atoms with Crippen LogP contribution < -0.4 is 15.4 Å². The summed E-state index contributed by atoms with van der Waals surface area (Å²) in [4.78, 5) is 12.6. The first-order chi connectivity index (χ1) is 17.4. The van der Waals surface area contributed by atoms with Crippen molar-refractivity contribution in [1.82, 2.24) is 15.0 Å². The van der Waals surface area contributed by atoms with Crippen LogP contribution in [-0.2, 0) is 11.2 Å². The van der Waals surface area contributed by atoms with Crippen molar-refractivity contribution in [3.63, 3.8) is 0 Å². The molecule has 1 aromatic heterocycles. The van der Waals surface area contributed by atoms with Gasteiger partial charge >= 0.3 is 6.03 Å². The fourth-order valence-electron chi connectivity index (χ4n) is 3.79. The van der Waals surface area contributed by atoms with Gasteiger partial charge in [-0.1, -0.05) is 24.6 Å². The quantitative estimate of drug-likeness (QED) is 0.302. The number of carbonyl (C=O) groups excluding carboxylic acids is 1. The van der Waals surface area contributed by atoms with E-state index in [2.05, 4.69) is 27.9 Å². The molecule has 4 atom stereocenters. The van der Waals surface area contributed by atoms with Gasteiger partial charge in [-0.3, -0.25) is 0 Å². The number of nitrogens with one attached hydrogen (secondary N) is 2. The van der Waals surface area contributed by atoms with Gasteiger partial charge in [-0.2, -0.15) is 0 Å². The fraction of sp³-hybridized carbons (Fsp3) is 0.400. The van der Waals surface area contributed by atoms with Gasteiger partial charge in [-0.15, -0.1) is 5.10 Å². The number of carbonyl (C=O) groups is 1. The Morgan fingerprint density at radius 3 is 2.61 bits per heavy atom. The zero-order valence-corrected chi connectivity index (χ0v) is 20.2. The molecule has 0 unspecified atom stereocenters. The highest BCUT2D eigenvalue weighted by atomic mass is 16.7. The van der Waals surface area contributed by atoms with E-state index in [4.69, 9.17) is 9.47 Å². The van der Waals surface area contributed by atoms with E-state index >= 15 is 0 Å². The van der Waals surface area contributed by atoms with Crippen LogP contribution >= 0.6 is 0 Å². The molecule has 2 aromatic carbocycles. The van der Waals surface area contributed by atoms with Crippen molar-refractivity contribution in [3.05, 3.63) is 59.9 Å². The summed E-state index contributed by atoms with van der Waals surface area (Å²) in [5, 5.41) is 43.1. The molecule has 1 aliphatic rings. The Morgan fingerprint density at radius 1 is 1.14 bits per heavy atom. The summed E-state index contributed by atoms with van der Waals surface area (Å²) >= 11 is 0. The molecule has 2 amide bonds. The summed E-state index contributed by atoms with van der Waals surface area (Å²) in [5.41, 5.74) is 3.66. The monoisotopic (exact) mass is 497 g/mol. The molecule has 1 fully saturated rings. The van der Waals surface area contributed by atoms with Crippen LogP contribution in [0.3, 0.4) is 0 Å². The van der Waals surface area contributed by atoms with E-state index < -0.39 is 37.2 Å². The van der Waals surface area contributed by atoms with Gasteiger partial charge in [0.1, 0.15) is 24.1 Å². The second kappa shape index (κ2) is 11.5. The van der Waals surface area contributed by atoms with Crippen molar-refractivity contribution in [2.75, 3.05) is 17.2 Å². The van der Waals surface area contributed by atoms with E-state index in [1.165, 1.54) is 0 Å². The minimum absolute atomic E-state index is 0.321. The molecule has 0 saturated carbocycles. The van der Waals surface area contributed by atoms with Crippen LogP contribution in [0.5, 0.6) is 5.75 Å². The van der Waals surface area contributed by atoms with Crippen LogP contribution in [-0.4, -0.2) is 67.6 Å². The number of benzene rings is 2. The molecule has 0 radical (unpaired) electrons. The number of anilines is 2. The van der Waals surface area contributed by atoms with Gasteiger partial charge in [0.2, 0.25) is 6.29 Å². The second-order valence-corrected chi connectivity index (χ2v) is 8.69. The number of rotatable bonds is 9. The maximum absolute atomic E-state index is 12.6. The molecule has 5 N–H and O–H groups in total. The largest absolute Gasteiger partial charge is 0.462 e. The van der Waals surface area contributed by atoms with E-state index in [0.29, 0.717) is 17.1 Å². The van der Waals surface area contributed by atoms with E-state index in [0.717, 1.165) is 36.2 Å². The van der Waals surface area contributed by atoms with Gasteiger partial charge in [0.15, 0.2) is 0 Å². The van der Waals surface area contributed by atoms with Gasteiger partial charge in [-0.05, 0) is 55.7 Å². The minimum Gasteiger partial charge on any atom is -0.462 e. The Kier molecular flexibility index (Phi) is 8.16. The molecule has 1 aliphatic heterocycles. The Bertz CT molecular complexity index is 1170. The van der Waals surface area contributed by atoms with Gasteiger partial charge < -0.3 is 35.4 Å². The van der Waals surface area contributed by atoms with Gasteiger partial charge in [-0.25, -0.2) is 9.48 Å². The molecule has 0 aliphatic carbocycles. The molecule has 36 heavy (non-hydrogen) atoms. The van der Waals surface area contributed by atoms with Crippen LogP contribution in [0.2, 0.25) is 0 Å². The number of amides is 2. The average molecular weight is 498 g/mol. The first kappa shape index (κ1) is 25.6. The number of hydrogen-bond donors (Lipinski definition) is 5. The second-order valence-electron chi connectivity index (χ2n) is 8.69. The van der Waals surface area contributed by atoms with Crippen LogP contribution in [0.15, 0.2) is 48.7 Å². The molecule has 0 spiro atoms. The number of aryl methyl sites for hydroxylation is 2. The van der Waals surface area contributed by atoms with Crippen LogP contribution in [0.4, 0.5) is 16.2 Å². The summed E-state index contributed by atoms with van der Waals surface area (Å²) < 4.78 is 12.7. The number of aliphatic hydroxyl groups excluding tert-OH is 3. The standard InChI is InChI=1S/C25H31N5O6/c1-3-4-5-17-13-30(29-28-17)18-9-7-16(8-10-18)26-25(34)27-20-12-19(11-6-15(20)2)35-24-23(33)22(32)21(14-31)36-24/h6-13,21-24,31-33H,3-5,14H2,1-2H3,(H2,26,27,34)/t21-,22-,23-,24-/m0/s1. The minimum atomic E-state index is -1.31. The van der Waals surface area contributed by atoms with Crippen molar-refractivity contribution in [2.45, 2.75) is 57.7 Å². The number of nitrogens with zero attached hydrogens (tertiary/aromatic N) is 3. The highest BCUT2D eigenvalue weighted by Gasteiger charge is 2.43. The van der Waals surface area contributed by atoms with Crippen LogP contribution in [0, 0.1) is 6.92 Å². The SMILES string of the molecule is CCCCc1cn(-c2ccc(NC(=O)Nc3cc(O[C@H]4O[C@@H](CO)[C@H](O)[C@@H]4O)ccc3C)cc2)nn1. The van der Waals surface area contributed by atoms with Crippen molar-refractivity contribution in [3.8, 4) is 11.4 Å². The van der Waals surface area contributed by atoms with Crippen LogP contribution in [0.1, 0.15) is 31.0 Å². The third kappa shape index (κ3) is 6.00. The Labute approximate surface area is 208 Å². The van der Waals surface area contributed by atoms with E-state index in [1.54, 1.807) is 35.0 Å². The molecule has 3 aromatic rings. The molecule has 0 bridgehead atoms. The molecule has 4 rings (SSSR count). The predicted octanol–water partition coefficient (Wildman–Crippen LogP) is 2.38. The number of ether oxygens (including phenoxy) is 2. The molecule has 11 heteroatoms. The van der Waals surface area contributed by atoms with Crippen molar-refractivity contribution < 1.29 is 29.6 Å². The normalized spacial score (nSPS) is 21.4. The molecule has 192 valence electrons. The van der Waals surface area contributed by atoms with Gasteiger partial charge in [0, 0.05) is 17.4 Å². The summed E-state index contributed by atoms with van der Waals surface area (Å²) in [5.74, 6) is 0.321. The number of unbranched alkanes of at least 4 members (excludes halogenated alkanes) is 1. The lowest BCUT2D eigenvalue weighted by Gasteiger charge is -2.18. The van der Waals surface area contributed by atoms with Crippen molar-refractivity contribution >= 4 is 17.4 Å². The molecule has 1 saturated heterocycles. The maximum atomic E-state index is 12.6. The molecular formula is C25H31N5O6. The van der Waals surface area contributed by atoms with Crippen molar-refractivity contribution in [2.24, 2.45) is 0 Å². The Morgan fingerprint density at radius 2 is 1.92 bits per heavy atom. The lowest BCUT2D eigenvalue weighted by molar-refractivity contribution is -0.116. The number of urea groups is 1. The van der Waals surface area contributed by atoms with E-state index in [9.17, 15) is 20.1 Å². The number of aromatic nitrogens is 3. The smallest absolute Gasteiger partial charge is 0.323 e. The molecular weight excluding hydrogens is 466 g/mol. The van der Waals surface area contributed by atoms with Crippen molar-refractivity contribution in [1.29, 1.82) is 0 Å². The zero-order valence-electron chi connectivity index (χ0n) is 20.2. The molecule has 2 heterocycles. The Hall–Kier alpha value is -3.51. The average Bonchev–Trinajstić information content (AvgIpc) is 3.45. The first-order valence-corrected chi connectivity index (χ1v) is 11.9.